The van der Waals surface area contributed by atoms with Crippen LogP contribution in [0.25, 0.3) is 10.2 Å². The van der Waals surface area contributed by atoms with Crippen LogP contribution < -0.4 is 11.1 Å². The van der Waals surface area contributed by atoms with Gasteiger partial charge in [0.15, 0.2) is 5.13 Å². The Bertz CT molecular complexity index is 623. The van der Waals surface area contributed by atoms with Crippen molar-refractivity contribution >= 4 is 55.7 Å². The van der Waals surface area contributed by atoms with Crippen molar-refractivity contribution in [1.29, 1.82) is 0 Å². The maximum Gasteiger partial charge on any atom is 0.223 e. The number of amidine groups is 1. The first-order valence-corrected chi connectivity index (χ1v) is 6.51. The maximum absolute atomic E-state index is 10.9. The summed E-state index contributed by atoms with van der Waals surface area (Å²) in [4.78, 5) is 19.4. The monoisotopic (exact) mass is 282 g/mol. The lowest BCUT2D eigenvalue weighted by molar-refractivity contribution is -0.114. The van der Waals surface area contributed by atoms with Gasteiger partial charge in [-0.05, 0) is 18.2 Å². The number of thiazole rings is 1. The second-order valence-electron chi connectivity index (χ2n) is 3.59. The second-order valence-corrected chi connectivity index (χ2v) is 4.89. The van der Waals surface area contributed by atoms with Gasteiger partial charge in [-0.3, -0.25) is 4.79 Å². The number of rotatable bonds is 3. The second kappa shape index (κ2) is 5.32. The predicted molar refractivity (Wildman–Crippen MR) is 75.9 cm³/mol. The highest BCUT2D eigenvalue weighted by atomic mass is 35.5. The van der Waals surface area contributed by atoms with E-state index in [0.717, 1.165) is 10.2 Å². The Morgan fingerprint density at radius 1 is 1.61 bits per heavy atom. The number of carbonyl (C=O) groups excluding carboxylic acids is 1. The maximum atomic E-state index is 10.9. The standard InChI is InChI=1S/C11H11ClN4OS/c1-6(17)14-11-16-8-4-7(15-10(13)5-12)2-3-9(8)18-11/h2-4H,5H2,1H3,(H2,13,15)(H,14,16,17). The molecule has 0 spiro atoms. The van der Waals surface area contributed by atoms with Gasteiger partial charge in [-0.2, -0.15) is 0 Å². The Morgan fingerprint density at radius 2 is 2.39 bits per heavy atom. The molecule has 1 aromatic carbocycles. The Labute approximate surface area is 113 Å². The molecule has 0 radical (unpaired) electrons. The molecular formula is C11H11ClN4OS. The van der Waals surface area contributed by atoms with Crippen LogP contribution in [0.2, 0.25) is 0 Å². The lowest BCUT2D eigenvalue weighted by Gasteiger charge is -1.95. The van der Waals surface area contributed by atoms with Gasteiger partial charge >= 0.3 is 0 Å². The van der Waals surface area contributed by atoms with Gasteiger partial charge in [0.1, 0.15) is 5.84 Å². The van der Waals surface area contributed by atoms with E-state index in [4.69, 9.17) is 17.3 Å². The van der Waals surface area contributed by atoms with Crippen LogP contribution >= 0.6 is 22.9 Å². The quantitative estimate of drug-likeness (QED) is 0.515. The van der Waals surface area contributed by atoms with Crippen molar-refractivity contribution in [3.8, 4) is 0 Å². The number of carbonyl (C=O) groups is 1. The molecule has 0 unspecified atom stereocenters. The highest BCUT2D eigenvalue weighted by Gasteiger charge is 2.05. The molecule has 0 saturated carbocycles. The van der Waals surface area contributed by atoms with Gasteiger partial charge in [0, 0.05) is 6.92 Å². The van der Waals surface area contributed by atoms with E-state index in [-0.39, 0.29) is 11.8 Å². The number of hydrogen-bond donors (Lipinski definition) is 2. The fourth-order valence-corrected chi connectivity index (χ4v) is 2.34. The van der Waals surface area contributed by atoms with Crippen molar-refractivity contribution in [2.24, 2.45) is 10.7 Å². The van der Waals surface area contributed by atoms with E-state index in [1.165, 1.54) is 18.3 Å². The number of amides is 1. The van der Waals surface area contributed by atoms with Gasteiger partial charge in [0.2, 0.25) is 5.91 Å². The number of halogens is 1. The summed E-state index contributed by atoms with van der Waals surface area (Å²) in [5.74, 6) is 0.402. The Kier molecular flexibility index (Phi) is 3.78. The molecule has 5 nitrogen and oxygen atoms in total. The summed E-state index contributed by atoms with van der Waals surface area (Å²) in [6, 6.07) is 5.52. The summed E-state index contributed by atoms with van der Waals surface area (Å²) in [5, 5.41) is 3.23. The lowest BCUT2D eigenvalue weighted by Crippen LogP contribution is -2.12. The Balaban J connectivity index is 2.36. The van der Waals surface area contributed by atoms with E-state index in [9.17, 15) is 4.79 Å². The smallest absolute Gasteiger partial charge is 0.223 e. The summed E-state index contributed by atoms with van der Waals surface area (Å²) < 4.78 is 0.974. The molecule has 1 aromatic heterocycles. The molecule has 3 N–H and O–H groups in total. The van der Waals surface area contributed by atoms with E-state index >= 15 is 0 Å². The summed E-state index contributed by atoms with van der Waals surface area (Å²) in [6.07, 6.45) is 0. The van der Waals surface area contributed by atoms with Crippen LogP contribution in [0.15, 0.2) is 23.2 Å². The summed E-state index contributed by atoms with van der Waals surface area (Å²) in [7, 11) is 0. The minimum Gasteiger partial charge on any atom is -0.386 e. The zero-order chi connectivity index (χ0) is 13.1. The Morgan fingerprint density at radius 3 is 3.06 bits per heavy atom. The first-order chi connectivity index (χ1) is 8.58. The minimum atomic E-state index is -0.140. The third-order valence-electron chi connectivity index (χ3n) is 2.06. The van der Waals surface area contributed by atoms with Gasteiger partial charge in [-0.15, -0.1) is 11.6 Å². The normalized spacial score (nSPS) is 11.8. The van der Waals surface area contributed by atoms with E-state index in [0.29, 0.717) is 16.7 Å². The fourth-order valence-electron chi connectivity index (χ4n) is 1.39. The van der Waals surface area contributed by atoms with Crippen LogP contribution in [0.3, 0.4) is 0 Å². The van der Waals surface area contributed by atoms with E-state index in [1.54, 1.807) is 6.07 Å². The first kappa shape index (κ1) is 12.8. The van der Waals surface area contributed by atoms with E-state index in [1.807, 2.05) is 12.1 Å². The molecule has 0 bridgehead atoms. The number of nitrogens with one attached hydrogen (secondary N) is 1. The molecule has 0 atom stereocenters. The molecule has 0 aliphatic carbocycles. The molecule has 2 rings (SSSR count). The van der Waals surface area contributed by atoms with Crippen LogP contribution in [0.4, 0.5) is 10.8 Å². The van der Waals surface area contributed by atoms with Crippen LogP contribution in [0.1, 0.15) is 6.92 Å². The van der Waals surface area contributed by atoms with Crippen molar-refractivity contribution < 1.29 is 4.79 Å². The van der Waals surface area contributed by atoms with Crippen LogP contribution in [-0.2, 0) is 4.79 Å². The number of nitrogens with two attached hydrogens (primary N) is 1. The minimum absolute atomic E-state index is 0.140. The number of hydrogen-bond acceptors (Lipinski definition) is 4. The van der Waals surface area contributed by atoms with Crippen molar-refractivity contribution in [2.75, 3.05) is 11.2 Å². The third-order valence-corrected chi connectivity index (χ3v) is 3.29. The zero-order valence-electron chi connectivity index (χ0n) is 9.61. The lowest BCUT2D eigenvalue weighted by atomic mass is 10.3. The van der Waals surface area contributed by atoms with Crippen LogP contribution in [0, 0.1) is 0 Å². The topological polar surface area (TPSA) is 80.4 Å². The molecule has 1 heterocycles. The number of nitrogens with zero attached hydrogens (tertiary/aromatic N) is 2. The van der Waals surface area contributed by atoms with Gasteiger partial charge in [-0.25, -0.2) is 9.98 Å². The molecule has 1 amide bonds. The summed E-state index contributed by atoms with van der Waals surface area (Å²) >= 11 is 6.97. The molecule has 18 heavy (non-hydrogen) atoms. The van der Waals surface area contributed by atoms with Gasteiger partial charge in [0.25, 0.3) is 0 Å². The molecule has 0 aliphatic heterocycles. The molecule has 0 fully saturated rings. The number of benzene rings is 1. The number of fused-ring (bicyclic) bond motifs is 1. The van der Waals surface area contributed by atoms with Crippen molar-refractivity contribution in [3.05, 3.63) is 18.2 Å². The number of aromatic nitrogens is 1. The Hall–Kier alpha value is -1.66. The predicted octanol–water partition coefficient (Wildman–Crippen LogP) is 2.48. The zero-order valence-corrected chi connectivity index (χ0v) is 11.2. The van der Waals surface area contributed by atoms with Crippen molar-refractivity contribution in [2.45, 2.75) is 6.92 Å². The van der Waals surface area contributed by atoms with E-state index in [2.05, 4.69) is 15.3 Å². The molecule has 0 saturated heterocycles. The number of alkyl halides is 1. The highest BCUT2D eigenvalue weighted by molar-refractivity contribution is 7.22. The average Bonchev–Trinajstić information content (AvgIpc) is 2.69. The average molecular weight is 283 g/mol. The van der Waals surface area contributed by atoms with Crippen LogP contribution in [0.5, 0.6) is 0 Å². The summed E-state index contributed by atoms with van der Waals surface area (Å²) in [5.41, 5.74) is 7.03. The molecule has 2 aromatic rings. The van der Waals surface area contributed by atoms with Gasteiger partial charge in [-0.1, -0.05) is 11.3 Å². The fraction of sp³-hybridized carbons (Fsp3) is 0.182. The van der Waals surface area contributed by atoms with Crippen LogP contribution in [-0.4, -0.2) is 22.6 Å². The van der Waals surface area contributed by atoms with Gasteiger partial charge < -0.3 is 11.1 Å². The van der Waals surface area contributed by atoms with Gasteiger partial charge in [0.05, 0.1) is 21.8 Å². The number of anilines is 1. The third kappa shape index (κ3) is 2.96. The first-order valence-electron chi connectivity index (χ1n) is 5.15. The number of aliphatic imine (C=N–C) groups is 1. The molecule has 7 heteroatoms. The largest absolute Gasteiger partial charge is 0.386 e. The highest BCUT2D eigenvalue weighted by Crippen LogP contribution is 2.28. The molecular weight excluding hydrogens is 272 g/mol. The van der Waals surface area contributed by atoms with E-state index < -0.39 is 0 Å². The van der Waals surface area contributed by atoms with Crippen molar-refractivity contribution in [3.63, 3.8) is 0 Å². The molecule has 0 aliphatic rings. The van der Waals surface area contributed by atoms with Crippen molar-refractivity contribution in [1.82, 2.24) is 4.98 Å². The molecule has 94 valence electrons. The SMILES string of the molecule is CC(=O)Nc1nc2cc(N=C(N)CCl)ccc2s1. The summed E-state index contributed by atoms with van der Waals surface area (Å²) in [6.45, 7) is 1.45.